The molecule has 222 valence electrons. The number of morpholine rings is 1. The van der Waals surface area contributed by atoms with Crippen LogP contribution in [0.3, 0.4) is 0 Å². The summed E-state index contributed by atoms with van der Waals surface area (Å²) in [6.45, 7) is 2.04. The number of sulfonamides is 1. The second-order valence-electron chi connectivity index (χ2n) is 10.5. The minimum atomic E-state index is -4.27. The zero-order valence-electron chi connectivity index (χ0n) is 22.6. The molecule has 1 saturated carbocycles. The largest absolute Gasteiger partial charge is 0.472 e. The molecule has 1 N–H and O–H groups in total. The molecule has 0 atom stereocenters. The molecule has 1 aliphatic heterocycles. The molecule has 0 bridgehead atoms. The molecule has 4 heterocycles. The lowest BCUT2D eigenvalue weighted by Gasteiger charge is -2.27. The Bertz CT molecular complexity index is 1730. The Balaban J connectivity index is 1.46. The van der Waals surface area contributed by atoms with Crippen LogP contribution in [0.5, 0.6) is 0 Å². The molecule has 0 unspecified atom stereocenters. The molecule has 4 aromatic rings. The van der Waals surface area contributed by atoms with E-state index in [0.717, 1.165) is 59.2 Å². The number of thiophene rings is 1. The summed E-state index contributed by atoms with van der Waals surface area (Å²) in [5, 5.41) is 0.931. The highest BCUT2D eigenvalue weighted by molar-refractivity contribution is 7.90. The van der Waals surface area contributed by atoms with E-state index in [2.05, 4.69) is 4.72 Å². The Morgan fingerprint density at radius 3 is 2.48 bits per heavy atom. The molecular weight excluding hydrogens is 621 g/mol. The Labute approximate surface area is 257 Å². The van der Waals surface area contributed by atoms with Crippen LogP contribution in [0.15, 0.2) is 52.2 Å². The minimum Gasteiger partial charge on any atom is -0.472 e. The lowest BCUT2D eigenvalue weighted by Crippen LogP contribution is -2.42. The van der Waals surface area contributed by atoms with Gasteiger partial charge in [0.15, 0.2) is 0 Å². The summed E-state index contributed by atoms with van der Waals surface area (Å²) in [6.07, 6.45) is 8.73. The normalized spacial score (nSPS) is 16.7. The van der Waals surface area contributed by atoms with Gasteiger partial charge < -0.3 is 18.6 Å². The van der Waals surface area contributed by atoms with Gasteiger partial charge in [-0.3, -0.25) is 9.59 Å². The van der Waals surface area contributed by atoms with Crippen molar-refractivity contribution >= 4 is 67.3 Å². The zero-order chi connectivity index (χ0) is 29.4. The smallest absolute Gasteiger partial charge is 0.266 e. The summed E-state index contributed by atoms with van der Waals surface area (Å²) in [5.74, 6) is -0.598. The van der Waals surface area contributed by atoms with E-state index in [1.165, 1.54) is 12.5 Å². The number of furan rings is 1. The molecule has 0 spiro atoms. The Hall–Kier alpha value is -2.83. The summed E-state index contributed by atoms with van der Waals surface area (Å²) in [5.41, 5.74) is 3.67. The average molecular weight is 651 g/mol. The summed E-state index contributed by atoms with van der Waals surface area (Å²) in [4.78, 5) is 28.4. The van der Waals surface area contributed by atoms with Gasteiger partial charge in [-0.15, -0.1) is 11.3 Å². The van der Waals surface area contributed by atoms with Crippen LogP contribution < -0.4 is 4.72 Å². The Morgan fingerprint density at radius 2 is 1.81 bits per heavy atom. The molecule has 1 aromatic carbocycles. The fourth-order valence-electron chi connectivity index (χ4n) is 5.99. The van der Waals surface area contributed by atoms with E-state index in [9.17, 15) is 18.0 Å². The van der Waals surface area contributed by atoms with Crippen LogP contribution in [0.2, 0.25) is 8.67 Å². The van der Waals surface area contributed by atoms with Gasteiger partial charge in [0.1, 0.15) is 15.8 Å². The van der Waals surface area contributed by atoms with Crippen LogP contribution in [0.1, 0.15) is 53.9 Å². The lowest BCUT2D eigenvalue weighted by molar-refractivity contribution is -0.135. The first-order valence-electron chi connectivity index (χ1n) is 13.8. The standard InChI is InChI=1S/C29H29Cl2N3O6S2/c30-24-15-23(28(31)41-24)42(37,38)32-29(36)19-6-7-21-22(14-19)34(16-25(35)33-9-12-39-13-10-33)27(20-8-11-40-17-20)26(21)18-4-2-1-3-5-18/h6-8,11,14-15,17-18H,1-5,9-10,12-13,16H2,(H,32,36). The first-order valence-corrected chi connectivity index (χ1v) is 16.8. The van der Waals surface area contributed by atoms with E-state index in [0.29, 0.717) is 31.8 Å². The number of hydrogen-bond donors (Lipinski definition) is 1. The average Bonchev–Trinajstić information content (AvgIpc) is 3.71. The van der Waals surface area contributed by atoms with Crippen LogP contribution in [0, 0.1) is 0 Å². The molecule has 2 aliphatic rings. The number of amides is 2. The van der Waals surface area contributed by atoms with Crippen molar-refractivity contribution in [3.05, 3.63) is 62.7 Å². The minimum absolute atomic E-state index is 0.0341. The number of rotatable bonds is 7. The van der Waals surface area contributed by atoms with E-state index in [1.54, 1.807) is 29.6 Å². The van der Waals surface area contributed by atoms with Gasteiger partial charge in [0.2, 0.25) is 5.91 Å². The summed E-state index contributed by atoms with van der Waals surface area (Å²) < 4.78 is 41.1. The number of benzene rings is 1. The van der Waals surface area contributed by atoms with Gasteiger partial charge in [-0.05, 0) is 48.6 Å². The summed E-state index contributed by atoms with van der Waals surface area (Å²) >= 11 is 12.9. The SMILES string of the molecule is O=C(NS(=O)(=O)c1cc(Cl)sc1Cl)c1ccc2c(C3CCCCC3)c(-c3ccoc3)n(CC(=O)N3CCOCC3)c2c1. The van der Waals surface area contributed by atoms with Crippen molar-refractivity contribution in [2.45, 2.75) is 49.5 Å². The zero-order valence-corrected chi connectivity index (χ0v) is 25.8. The molecule has 0 radical (unpaired) electrons. The first kappa shape index (κ1) is 29.3. The van der Waals surface area contributed by atoms with Crippen molar-refractivity contribution in [1.29, 1.82) is 0 Å². The van der Waals surface area contributed by atoms with Gasteiger partial charge in [0.05, 0.1) is 41.3 Å². The Morgan fingerprint density at radius 1 is 1.05 bits per heavy atom. The monoisotopic (exact) mass is 649 g/mol. The highest BCUT2D eigenvalue weighted by Crippen LogP contribution is 2.44. The highest BCUT2D eigenvalue weighted by Gasteiger charge is 2.30. The molecule has 3 aromatic heterocycles. The number of halogens is 2. The fourth-order valence-corrected chi connectivity index (χ4v) is 9.11. The molecular formula is C29H29Cl2N3O6S2. The van der Waals surface area contributed by atoms with E-state index in [4.69, 9.17) is 32.4 Å². The van der Waals surface area contributed by atoms with Gasteiger partial charge in [-0.25, -0.2) is 13.1 Å². The van der Waals surface area contributed by atoms with Crippen LogP contribution in [-0.4, -0.2) is 56.0 Å². The van der Waals surface area contributed by atoms with Crippen molar-refractivity contribution in [3.8, 4) is 11.3 Å². The van der Waals surface area contributed by atoms with Gasteiger partial charge >= 0.3 is 0 Å². The van der Waals surface area contributed by atoms with E-state index in [1.807, 2.05) is 16.7 Å². The molecule has 2 fully saturated rings. The second-order valence-corrected chi connectivity index (χ2v) is 14.5. The maximum Gasteiger partial charge on any atom is 0.266 e. The predicted molar refractivity (Wildman–Crippen MR) is 162 cm³/mol. The van der Waals surface area contributed by atoms with Crippen LogP contribution >= 0.6 is 34.5 Å². The molecule has 1 aliphatic carbocycles. The van der Waals surface area contributed by atoms with Crippen molar-refractivity contribution in [2.24, 2.45) is 0 Å². The van der Waals surface area contributed by atoms with Gasteiger partial charge in [0, 0.05) is 29.6 Å². The van der Waals surface area contributed by atoms with Crippen LogP contribution in [0.25, 0.3) is 22.2 Å². The van der Waals surface area contributed by atoms with E-state index in [-0.39, 0.29) is 37.5 Å². The maximum absolute atomic E-state index is 13.6. The molecule has 1 saturated heterocycles. The van der Waals surface area contributed by atoms with Crippen molar-refractivity contribution < 1.29 is 27.2 Å². The van der Waals surface area contributed by atoms with Crippen molar-refractivity contribution in [3.63, 3.8) is 0 Å². The molecule has 42 heavy (non-hydrogen) atoms. The molecule has 6 rings (SSSR count). The highest BCUT2D eigenvalue weighted by atomic mass is 35.5. The number of carbonyl (C=O) groups excluding carboxylic acids is 2. The third-order valence-electron chi connectivity index (χ3n) is 7.97. The number of nitrogens with zero attached hydrogens (tertiary/aromatic N) is 2. The molecule has 2 amide bonds. The van der Waals surface area contributed by atoms with E-state index < -0.39 is 15.9 Å². The number of carbonyl (C=O) groups is 2. The quantitative estimate of drug-likeness (QED) is 0.252. The third kappa shape index (κ3) is 5.72. The van der Waals surface area contributed by atoms with Crippen LogP contribution in [-0.2, 0) is 26.1 Å². The summed E-state index contributed by atoms with van der Waals surface area (Å²) in [7, 11) is -4.27. The topological polar surface area (TPSA) is 111 Å². The van der Waals surface area contributed by atoms with Gasteiger partial charge in [0.25, 0.3) is 15.9 Å². The number of ether oxygens (including phenoxy) is 1. The Kier molecular flexibility index (Phi) is 8.39. The lowest BCUT2D eigenvalue weighted by atomic mass is 9.82. The predicted octanol–water partition coefficient (Wildman–Crippen LogP) is 6.29. The third-order valence-corrected chi connectivity index (χ3v) is 11.1. The number of aromatic nitrogens is 1. The van der Waals surface area contributed by atoms with Crippen molar-refractivity contribution in [1.82, 2.24) is 14.2 Å². The number of fused-ring (bicyclic) bond motifs is 1. The van der Waals surface area contributed by atoms with E-state index >= 15 is 0 Å². The molecule has 9 nitrogen and oxygen atoms in total. The maximum atomic E-state index is 13.6. The van der Waals surface area contributed by atoms with Gasteiger partial charge in [-0.1, -0.05) is 48.5 Å². The summed E-state index contributed by atoms with van der Waals surface area (Å²) in [6, 6.07) is 8.23. The first-order chi connectivity index (χ1) is 20.2. The van der Waals surface area contributed by atoms with Gasteiger partial charge in [-0.2, -0.15) is 0 Å². The van der Waals surface area contributed by atoms with Crippen molar-refractivity contribution in [2.75, 3.05) is 26.3 Å². The number of hydrogen-bond acceptors (Lipinski definition) is 7. The fraction of sp³-hybridized carbons (Fsp3) is 0.379. The van der Waals surface area contributed by atoms with Crippen LogP contribution in [0.4, 0.5) is 0 Å². The molecule has 13 heteroatoms. The number of nitrogens with one attached hydrogen (secondary N) is 1. The second kappa shape index (κ2) is 12.0.